The number of carbonyl (C=O) groups excluding carboxylic acids is 1. The van der Waals surface area contributed by atoms with Crippen molar-refractivity contribution in [1.82, 2.24) is 5.43 Å². The normalized spacial score (nSPS) is 11.7. The van der Waals surface area contributed by atoms with Crippen molar-refractivity contribution in [3.05, 3.63) is 88.9 Å². The maximum Gasteiger partial charge on any atom is 0.264 e. The SMILES string of the molecule is COc1ccc(/C(C)=N\NC(=O)CN(c2ccccc2Cl)S(=O)(=O)c2ccc(C)cc2)cc1. The number of aryl methyl sites for hydroxylation is 1. The van der Waals surface area contributed by atoms with Gasteiger partial charge in [0.15, 0.2) is 0 Å². The molecule has 0 saturated carbocycles. The van der Waals surface area contributed by atoms with Crippen LogP contribution in [0.15, 0.2) is 82.8 Å². The second-order valence-corrected chi connectivity index (χ2v) is 9.51. The Balaban J connectivity index is 1.86. The van der Waals surface area contributed by atoms with Gasteiger partial charge in [-0.15, -0.1) is 0 Å². The van der Waals surface area contributed by atoms with Crippen LogP contribution in [0.1, 0.15) is 18.1 Å². The largest absolute Gasteiger partial charge is 0.497 e. The summed E-state index contributed by atoms with van der Waals surface area (Å²) >= 11 is 6.28. The summed E-state index contributed by atoms with van der Waals surface area (Å²) in [6, 6.07) is 20.0. The Morgan fingerprint density at radius 3 is 2.27 bits per heavy atom. The summed E-state index contributed by atoms with van der Waals surface area (Å²) < 4.78 is 32.9. The number of hydrogen-bond acceptors (Lipinski definition) is 5. The lowest BCUT2D eigenvalue weighted by Crippen LogP contribution is -2.40. The smallest absolute Gasteiger partial charge is 0.264 e. The van der Waals surface area contributed by atoms with Crippen LogP contribution in [0.25, 0.3) is 0 Å². The van der Waals surface area contributed by atoms with Gasteiger partial charge < -0.3 is 4.74 Å². The monoisotopic (exact) mass is 485 g/mol. The minimum absolute atomic E-state index is 0.0544. The summed E-state index contributed by atoms with van der Waals surface area (Å²) in [5, 5.41) is 4.31. The molecule has 9 heteroatoms. The van der Waals surface area contributed by atoms with Crippen LogP contribution in [-0.2, 0) is 14.8 Å². The van der Waals surface area contributed by atoms with Crippen LogP contribution in [-0.4, -0.2) is 33.7 Å². The maximum atomic E-state index is 13.4. The number of para-hydroxylation sites is 1. The fraction of sp³-hybridized carbons (Fsp3) is 0.167. The van der Waals surface area contributed by atoms with E-state index in [0.717, 1.165) is 15.4 Å². The molecule has 33 heavy (non-hydrogen) atoms. The van der Waals surface area contributed by atoms with Crippen LogP contribution < -0.4 is 14.5 Å². The quantitative estimate of drug-likeness (QED) is 0.378. The molecule has 1 amide bonds. The average molecular weight is 486 g/mol. The number of sulfonamides is 1. The second-order valence-electron chi connectivity index (χ2n) is 7.24. The number of methoxy groups -OCH3 is 1. The van der Waals surface area contributed by atoms with Gasteiger partial charge in [-0.3, -0.25) is 9.10 Å². The molecule has 0 fully saturated rings. The first-order valence-corrected chi connectivity index (χ1v) is 11.9. The highest BCUT2D eigenvalue weighted by Crippen LogP contribution is 2.30. The van der Waals surface area contributed by atoms with Gasteiger partial charge in [-0.05, 0) is 67.9 Å². The molecule has 3 rings (SSSR count). The number of halogens is 1. The first kappa shape index (κ1) is 24.3. The van der Waals surface area contributed by atoms with E-state index in [2.05, 4.69) is 10.5 Å². The van der Waals surface area contributed by atoms with Crippen LogP contribution in [0.5, 0.6) is 5.75 Å². The Kier molecular flexibility index (Phi) is 7.73. The third kappa shape index (κ3) is 5.91. The Labute approximate surface area is 198 Å². The molecular weight excluding hydrogens is 462 g/mol. The van der Waals surface area contributed by atoms with E-state index in [1.807, 2.05) is 19.1 Å². The van der Waals surface area contributed by atoms with Gasteiger partial charge in [0.2, 0.25) is 0 Å². The van der Waals surface area contributed by atoms with Gasteiger partial charge in [0.05, 0.1) is 28.4 Å². The lowest BCUT2D eigenvalue weighted by molar-refractivity contribution is -0.119. The molecule has 7 nitrogen and oxygen atoms in total. The van der Waals surface area contributed by atoms with Crippen LogP contribution in [0.4, 0.5) is 5.69 Å². The molecule has 0 aliphatic rings. The molecule has 3 aromatic rings. The van der Waals surface area contributed by atoms with Crippen molar-refractivity contribution < 1.29 is 17.9 Å². The van der Waals surface area contributed by atoms with E-state index in [1.165, 1.54) is 12.1 Å². The van der Waals surface area contributed by atoms with Crippen molar-refractivity contribution in [2.45, 2.75) is 18.7 Å². The third-order valence-corrected chi connectivity index (χ3v) is 6.97. The Morgan fingerprint density at radius 1 is 1.03 bits per heavy atom. The predicted molar refractivity (Wildman–Crippen MR) is 131 cm³/mol. The minimum Gasteiger partial charge on any atom is -0.497 e. The topological polar surface area (TPSA) is 88.1 Å². The number of carbonyl (C=O) groups is 1. The van der Waals surface area contributed by atoms with E-state index in [1.54, 1.807) is 62.6 Å². The van der Waals surface area contributed by atoms with E-state index in [4.69, 9.17) is 16.3 Å². The number of ether oxygens (including phenoxy) is 1. The molecule has 1 N–H and O–H groups in total. The maximum absolute atomic E-state index is 13.4. The van der Waals surface area contributed by atoms with E-state index in [9.17, 15) is 13.2 Å². The fourth-order valence-corrected chi connectivity index (χ4v) is 4.73. The van der Waals surface area contributed by atoms with Crippen LogP contribution in [0, 0.1) is 6.92 Å². The second kappa shape index (κ2) is 10.5. The standard InChI is InChI=1S/C24H24ClN3O4S/c1-17-8-14-21(15-9-17)33(30,31)28(23-7-5-4-6-22(23)25)16-24(29)27-26-18(2)19-10-12-20(32-3)13-11-19/h4-15H,16H2,1-3H3,(H,27,29)/b26-18-. The van der Waals surface area contributed by atoms with Gasteiger partial charge >= 0.3 is 0 Å². The highest BCUT2D eigenvalue weighted by molar-refractivity contribution is 7.92. The summed E-state index contributed by atoms with van der Waals surface area (Å²) in [4.78, 5) is 12.8. The van der Waals surface area contributed by atoms with Gasteiger partial charge in [-0.1, -0.05) is 41.4 Å². The van der Waals surface area contributed by atoms with E-state index >= 15 is 0 Å². The summed E-state index contributed by atoms with van der Waals surface area (Å²) in [7, 11) is -2.49. The Morgan fingerprint density at radius 2 is 1.67 bits per heavy atom. The number of nitrogens with zero attached hydrogens (tertiary/aromatic N) is 2. The lowest BCUT2D eigenvalue weighted by atomic mass is 10.1. The van der Waals surface area contributed by atoms with Gasteiger partial charge in [0.25, 0.3) is 15.9 Å². The summed E-state index contributed by atoms with van der Waals surface area (Å²) in [5.74, 6) is 0.0887. The van der Waals surface area contributed by atoms with Crippen molar-refractivity contribution in [3.8, 4) is 5.75 Å². The molecular formula is C24H24ClN3O4S. The molecule has 3 aromatic carbocycles. The van der Waals surface area contributed by atoms with Gasteiger partial charge in [0.1, 0.15) is 12.3 Å². The van der Waals surface area contributed by atoms with Crippen molar-refractivity contribution >= 4 is 38.9 Å². The number of hydrazone groups is 1. The lowest BCUT2D eigenvalue weighted by Gasteiger charge is -2.24. The van der Waals surface area contributed by atoms with Gasteiger partial charge in [-0.2, -0.15) is 5.10 Å². The van der Waals surface area contributed by atoms with Crippen molar-refractivity contribution in [1.29, 1.82) is 0 Å². The molecule has 0 atom stereocenters. The van der Waals surface area contributed by atoms with Gasteiger partial charge in [0, 0.05) is 0 Å². The van der Waals surface area contributed by atoms with Crippen LogP contribution in [0.2, 0.25) is 5.02 Å². The van der Waals surface area contributed by atoms with Crippen molar-refractivity contribution in [3.63, 3.8) is 0 Å². The van der Waals surface area contributed by atoms with Crippen LogP contribution >= 0.6 is 11.6 Å². The number of rotatable bonds is 8. The molecule has 0 saturated heterocycles. The summed E-state index contributed by atoms with van der Waals surface area (Å²) in [6.07, 6.45) is 0. The number of amides is 1. The molecule has 0 bridgehead atoms. The van der Waals surface area contributed by atoms with E-state index in [-0.39, 0.29) is 15.6 Å². The zero-order valence-electron chi connectivity index (χ0n) is 18.4. The molecule has 0 radical (unpaired) electrons. The fourth-order valence-electron chi connectivity index (χ4n) is 3.00. The minimum atomic E-state index is -4.06. The van der Waals surface area contributed by atoms with E-state index < -0.39 is 22.5 Å². The molecule has 0 aliphatic carbocycles. The number of nitrogens with one attached hydrogen (secondary N) is 1. The van der Waals surface area contributed by atoms with E-state index in [0.29, 0.717) is 11.5 Å². The molecule has 0 heterocycles. The third-order valence-electron chi connectivity index (χ3n) is 4.87. The Bertz CT molecular complexity index is 1260. The zero-order chi connectivity index (χ0) is 24.0. The first-order valence-electron chi connectivity index (χ1n) is 10.0. The van der Waals surface area contributed by atoms with Crippen molar-refractivity contribution in [2.75, 3.05) is 18.0 Å². The van der Waals surface area contributed by atoms with Crippen molar-refractivity contribution in [2.24, 2.45) is 5.10 Å². The molecule has 0 spiro atoms. The first-order chi connectivity index (χ1) is 15.7. The Hall–Kier alpha value is -3.36. The number of anilines is 1. The molecule has 0 aromatic heterocycles. The molecule has 0 aliphatic heterocycles. The molecule has 0 unspecified atom stereocenters. The van der Waals surface area contributed by atoms with Crippen LogP contribution in [0.3, 0.4) is 0 Å². The summed E-state index contributed by atoms with van der Waals surface area (Å²) in [5.41, 5.74) is 4.88. The highest BCUT2D eigenvalue weighted by atomic mass is 35.5. The summed E-state index contributed by atoms with van der Waals surface area (Å²) in [6.45, 7) is 3.09. The average Bonchev–Trinajstić information content (AvgIpc) is 2.82. The zero-order valence-corrected chi connectivity index (χ0v) is 20.0. The number of benzene rings is 3. The highest BCUT2D eigenvalue weighted by Gasteiger charge is 2.28. The molecule has 172 valence electrons. The van der Waals surface area contributed by atoms with Gasteiger partial charge in [-0.25, -0.2) is 13.8 Å². The number of hydrogen-bond donors (Lipinski definition) is 1. The predicted octanol–water partition coefficient (Wildman–Crippen LogP) is 4.39.